The monoisotopic (exact) mass is 275 g/mol. The predicted octanol–water partition coefficient (Wildman–Crippen LogP) is 4.21. The van der Waals surface area contributed by atoms with Crippen LogP contribution in [-0.2, 0) is 0 Å². The van der Waals surface area contributed by atoms with E-state index in [1.807, 2.05) is 30.3 Å². The first kappa shape index (κ1) is 15.4. The van der Waals surface area contributed by atoms with Crippen LogP contribution in [0.2, 0.25) is 0 Å². The normalized spacial score (nSPS) is 23.7. The molecule has 1 aliphatic rings. The number of benzene rings is 1. The second-order valence-corrected chi connectivity index (χ2v) is 6.43. The van der Waals surface area contributed by atoms with Crippen molar-refractivity contribution in [3.63, 3.8) is 0 Å². The Labute approximate surface area is 124 Å². The number of rotatable bonds is 7. The molecule has 0 N–H and O–H groups in total. The lowest BCUT2D eigenvalue weighted by atomic mass is 9.92. The second-order valence-electron chi connectivity index (χ2n) is 6.43. The molecule has 2 rings (SSSR count). The van der Waals surface area contributed by atoms with Crippen LogP contribution in [0.25, 0.3) is 0 Å². The van der Waals surface area contributed by atoms with Crippen molar-refractivity contribution in [1.82, 2.24) is 4.90 Å². The third kappa shape index (κ3) is 5.54. The lowest BCUT2D eigenvalue weighted by Crippen LogP contribution is -2.39. The summed E-state index contributed by atoms with van der Waals surface area (Å²) in [4.78, 5) is 2.65. The van der Waals surface area contributed by atoms with Gasteiger partial charge in [0.15, 0.2) is 0 Å². The van der Waals surface area contributed by atoms with Gasteiger partial charge in [0.05, 0.1) is 6.61 Å². The highest BCUT2D eigenvalue weighted by molar-refractivity contribution is 5.20. The molecule has 1 aromatic carbocycles. The molecule has 2 atom stereocenters. The summed E-state index contributed by atoms with van der Waals surface area (Å²) in [6, 6.07) is 10.1. The Hall–Kier alpha value is -1.02. The maximum absolute atomic E-state index is 5.72. The summed E-state index contributed by atoms with van der Waals surface area (Å²) in [5, 5.41) is 0. The number of hydrogen-bond acceptors (Lipinski definition) is 2. The molecule has 0 aliphatic carbocycles. The number of hydrogen-bond donors (Lipinski definition) is 0. The van der Waals surface area contributed by atoms with E-state index >= 15 is 0 Å². The number of unbranched alkanes of at least 4 members (excludes halogenated alkanes) is 2. The van der Waals surface area contributed by atoms with Gasteiger partial charge in [-0.15, -0.1) is 0 Å². The minimum absolute atomic E-state index is 0.844. The molecular formula is C18H29NO. The summed E-state index contributed by atoms with van der Waals surface area (Å²) < 4.78 is 5.72. The van der Waals surface area contributed by atoms with Crippen LogP contribution < -0.4 is 4.74 Å². The standard InChI is InChI=1S/C18H29NO/c1-16-13-17(2)15-19(14-16)11-7-4-8-12-20-18-9-5-3-6-10-18/h3,5-6,9-10,16-17H,4,7-8,11-15H2,1-2H3. The van der Waals surface area contributed by atoms with Crippen LogP contribution >= 0.6 is 0 Å². The van der Waals surface area contributed by atoms with Crippen LogP contribution in [0.4, 0.5) is 0 Å². The van der Waals surface area contributed by atoms with Gasteiger partial charge in [-0.25, -0.2) is 0 Å². The molecule has 1 aliphatic heterocycles. The molecule has 20 heavy (non-hydrogen) atoms. The Bertz CT molecular complexity index is 355. The van der Waals surface area contributed by atoms with Crippen LogP contribution in [-0.4, -0.2) is 31.1 Å². The molecule has 1 fully saturated rings. The van der Waals surface area contributed by atoms with Crippen molar-refractivity contribution >= 4 is 0 Å². The fraction of sp³-hybridized carbons (Fsp3) is 0.667. The Morgan fingerprint density at radius 3 is 2.40 bits per heavy atom. The van der Waals surface area contributed by atoms with E-state index in [2.05, 4.69) is 18.7 Å². The molecule has 1 heterocycles. The van der Waals surface area contributed by atoms with E-state index in [9.17, 15) is 0 Å². The first-order valence-corrected chi connectivity index (χ1v) is 8.14. The summed E-state index contributed by atoms with van der Waals surface area (Å²) in [5.41, 5.74) is 0. The molecule has 112 valence electrons. The van der Waals surface area contributed by atoms with Gasteiger partial charge < -0.3 is 9.64 Å². The van der Waals surface area contributed by atoms with Gasteiger partial charge in [0.25, 0.3) is 0 Å². The van der Waals surface area contributed by atoms with Gasteiger partial charge in [-0.1, -0.05) is 32.0 Å². The van der Waals surface area contributed by atoms with Crippen molar-refractivity contribution in [2.75, 3.05) is 26.2 Å². The van der Waals surface area contributed by atoms with E-state index in [0.29, 0.717) is 0 Å². The largest absolute Gasteiger partial charge is 0.494 e. The number of ether oxygens (including phenoxy) is 1. The van der Waals surface area contributed by atoms with Crippen LogP contribution in [0.3, 0.4) is 0 Å². The third-order valence-corrected chi connectivity index (χ3v) is 4.08. The third-order valence-electron chi connectivity index (χ3n) is 4.08. The van der Waals surface area contributed by atoms with Gasteiger partial charge in [-0.3, -0.25) is 0 Å². The maximum Gasteiger partial charge on any atom is 0.119 e. The molecule has 0 spiro atoms. The summed E-state index contributed by atoms with van der Waals surface area (Å²) in [6.45, 7) is 9.47. The molecular weight excluding hydrogens is 246 g/mol. The molecule has 0 bridgehead atoms. The average Bonchev–Trinajstić information content (AvgIpc) is 2.43. The zero-order chi connectivity index (χ0) is 14.2. The SMILES string of the molecule is CC1CC(C)CN(CCCCCOc2ccccc2)C1. The Morgan fingerprint density at radius 2 is 1.70 bits per heavy atom. The van der Waals surface area contributed by atoms with Crippen LogP contribution in [0, 0.1) is 11.8 Å². The van der Waals surface area contributed by atoms with Crippen molar-refractivity contribution in [2.45, 2.75) is 39.5 Å². The van der Waals surface area contributed by atoms with Gasteiger partial charge in [-0.2, -0.15) is 0 Å². The van der Waals surface area contributed by atoms with Crippen molar-refractivity contribution in [3.8, 4) is 5.75 Å². The Balaban J connectivity index is 1.51. The zero-order valence-corrected chi connectivity index (χ0v) is 13.1. The molecule has 1 saturated heterocycles. The first-order chi connectivity index (χ1) is 9.74. The van der Waals surface area contributed by atoms with Crippen LogP contribution in [0.1, 0.15) is 39.5 Å². The fourth-order valence-electron chi connectivity index (χ4n) is 3.30. The van der Waals surface area contributed by atoms with Gasteiger partial charge in [-0.05, 0) is 56.2 Å². The van der Waals surface area contributed by atoms with Gasteiger partial charge >= 0.3 is 0 Å². The number of likely N-dealkylation sites (tertiary alicyclic amines) is 1. The first-order valence-electron chi connectivity index (χ1n) is 8.14. The van der Waals surface area contributed by atoms with Crippen LogP contribution in [0.15, 0.2) is 30.3 Å². The number of para-hydroxylation sites is 1. The summed E-state index contributed by atoms with van der Waals surface area (Å²) in [5.74, 6) is 2.74. The maximum atomic E-state index is 5.72. The molecule has 0 saturated carbocycles. The van der Waals surface area contributed by atoms with E-state index in [1.54, 1.807) is 0 Å². The van der Waals surface area contributed by atoms with Crippen molar-refractivity contribution in [1.29, 1.82) is 0 Å². The molecule has 2 nitrogen and oxygen atoms in total. The van der Waals surface area contributed by atoms with E-state index in [1.165, 1.54) is 38.9 Å². The molecule has 2 heteroatoms. The average molecular weight is 275 g/mol. The van der Waals surface area contributed by atoms with E-state index in [4.69, 9.17) is 4.74 Å². The zero-order valence-electron chi connectivity index (χ0n) is 13.1. The minimum atomic E-state index is 0.844. The topological polar surface area (TPSA) is 12.5 Å². The molecule has 0 radical (unpaired) electrons. The molecule has 0 amide bonds. The number of piperidine rings is 1. The Kier molecular flexibility index (Phi) is 6.38. The predicted molar refractivity (Wildman–Crippen MR) is 85.2 cm³/mol. The minimum Gasteiger partial charge on any atom is -0.494 e. The highest BCUT2D eigenvalue weighted by Gasteiger charge is 2.20. The van der Waals surface area contributed by atoms with E-state index in [-0.39, 0.29) is 0 Å². The number of nitrogens with zero attached hydrogens (tertiary/aromatic N) is 1. The lowest BCUT2D eigenvalue weighted by Gasteiger charge is -2.34. The van der Waals surface area contributed by atoms with Crippen molar-refractivity contribution < 1.29 is 4.74 Å². The highest BCUT2D eigenvalue weighted by Crippen LogP contribution is 2.21. The second kappa shape index (κ2) is 8.31. The van der Waals surface area contributed by atoms with E-state index in [0.717, 1.165) is 30.6 Å². The smallest absolute Gasteiger partial charge is 0.119 e. The fourth-order valence-corrected chi connectivity index (χ4v) is 3.30. The molecule has 2 unspecified atom stereocenters. The van der Waals surface area contributed by atoms with Crippen LogP contribution in [0.5, 0.6) is 5.75 Å². The van der Waals surface area contributed by atoms with Gasteiger partial charge in [0, 0.05) is 13.1 Å². The lowest BCUT2D eigenvalue weighted by molar-refractivity contribution is 0.138. The van der Waals surface area contributed by atoms with Crippen molar-refractivity contribution in [2.24, 2.45) is 11.8 Å². The van der Waals surface area contributed by atoms with Crippen molar-refractivity contribution in [3.05, 3.63) is 30.3 Å². The Morgan fingerprint density at radius 1 is 1.00 bits per heavy atom. The highest BCUT2D eigenvalue weighted by atomic mass is 16.5. The summed E-state index contributed by atoms with van der Waals surface area (Å²) >= 11 is 0. The van der Waals surface area contributed by atoms with Gasteiger partial charge in [0.1, 0.15) is 5.75 Å². The van der Waals surface area contributed by atoms with E-state index < -0.39 is 0 Å². The molecule has 0 aromatic heterocycles. The summed E-state index contributed by atoms with van der Waals surface area (Å²) in [7, 11) is 0. The summed E-state index contributed by atoms with van der Waals surface area (Å²) in [6.07, 6.45) is 5.14. The quantitative estimate of drug-likeness (QED) is 0.691. The molecule has 1 aromatic rings. The van der Waals surface area contributed by atoms with Gasteiger partial charge in [0.2, 0.25) is 0 Å².